The summed E-state index contributed by atoms with van der Waals surface area (Å²) in [6.45, 7) is 0. The zero-order valence-electron chi connectivity index (χ0n) is 12.4. The molecule has 0 unspecified atom stereocenters. The molecule has 5 heteroatoms. The highest BCUT2D eigenvalue weighted by Gasteiger charge is 2.30. The van der Waals surface area contributed by atoms with Gasteiger partial charge in [-0.2, -0.15) is 18.4 Å². The number of alkyl halides is 3. The molecule has 2 nitrogen and oxygen atoms in total. The third-order valence-corrected chi connectivity index (χ3v) is 3.62. The zero-order valence-corrected chi connectivity index (χ0v) is 12.4. The van der Waals surface area contributed by atoms with E-state index in [4.69, 9.17) is 5.26 Å². The van der Waals surface area contributed by atoms with Gasteiger partial charge in [-0.25, -0.2) is 0 Å². The summed E-state index contributed by atoms with van der Waals surface area (Å²) in [5, 5.41) is 8.87. The van der Waals surface area contributed by atoms with Crippen molar-refractivity contribution in [3.05, 3.63) is 78.0 Å². The predicted octanol–water partition coefficient (Wildman–Crippen LogP) is 5.31. The van der Waals surface area contributed by atoms with E-state index < -0.39 is 11.7 Å². The monoisotopic (exact) mass is 324 g/mol. The van der Waals surface area contributed by atoms with Gasteiger partial charge in [-0.05, 0) is 35.9 Å². The highest BCUT2D eigenvalue weighted by atomic mass is 19.4. The maximum absolute atomic E-state index is 12.7. The van der Waals surface area contributed by atoms with Crippen molar-refractivity contribution in [2.75, 3.05) is 0 Å². The Hall–Kier alpha value is -3.13. The van der Waals surface area contributed by atoms with Crippen LogP contribution in [0, 0.1) is 11.3 Å². The lowest BCUT2D eigenvalue weighted by molar-refractivity contribution is -0.137. The highest BCUT2D eigenvalue weighted by Crippen LogP contribution is 2.33. The van der Waals surface area contributed by atoms with E-state index in [0.29, 0.717) is 16.8 Å². The van der Waals surface area contributed by atoms with Gasteiger partial charge in [0, 0.05) is 17.3 Å². The van der Waals surface area contributed by atoms with Gasteiger partial charge >= 0.3 is 6.18 Å². The molecule has 24 heavy (non-hydrogen) atoms. The molecule has 0 spiro atoms. The van der Waals surface area contributed by atoms with E-state index in [2.05, 4.69) is 11.1 Å². The lowest BCUT2D eigenvalue weighted by Crippen LogP contribution is -2.04. The minimum absolute atomic E-state index is 0.540. The first-order valence-electron chi connectivity index (χ1n) is 7.12. The number of nitrogens with zero attached hydrogens (tertiary/aromatic N) is 2. The first-order chi connectivity index (χ1) is 11.5. The van der Waals surface area contributed by atoms with Crippen molar-refractivity contribution in [2.45, 2.75) is 6.18 Å². The van der Waals surface area contributed by atoms with Gasteiger partial charge in [0.2, 0.25) is 0 Å². The minimum atomic E-state index is -4.36. The molecule has 0 aliphatic rings. The fraction of sp³-hybridized carbons (Fsp3) is 0.0526. The summed E-state index contributed by atoms with van der Waals surface area (Å²) in [6, 6.07) is 17.6. The first kappa shape index (κ1) is 15.8. The van der Waals surface area contributed by atoms with E-state index in [1.54, 1.807) is 36.5 Å². The molecule has 118 valence electrons. The SMILES string of the molecule is N#Cc1ccc(-c2cccnc2-c2ccc(C(F)(F)F)cc2)cc1. The number of nitriles is 1. The maximum Gasteiger partial charge on any atom is 0.416 e. The summed E-state index contributed by atoms with van der Waals surface area (Å²) in [6.07, 6.45) is -2.77. The van der Waals surface area contributed by atoms with Gasteiger partial charge in [0.15, 0.2) is 0 Å². The number of pyridine rings is 1. The number of hydrogen-bond donors (Lipinski definition) is 0. The summed E-state index contributed by atoms with van der Waals surface area (Å²) < 4.78 is 38.1. The Morgan fingerprint density at radius 3 is 2.04 bits per heavy atom. The fourth-order valence-electron chi connectivity index (χ4n) is 2.41. The Bertz CT molecular complexity index is 890. The number of hydrogen-bond acceptors (Lipinski definition) is 2. The topological polar surface area (TPSA) is 36.7 Å². The second-order valence-corrected chi connectivity index (χ2v) is 5.16. The van der Waals surface area contributed by atoms with Crippen LogP contribution in [0.25, 0.3) is 22.4 Å². The number of halogens is 3. The third-order valence-electron chi connectivity index (χ3n) is 3.62. The van der Waals surface area contributed by atoms with Gasteiger partial charge in [0.05, 0.1) is 22.9 Å². The van der Waals surface area contributed by atoms with Crippen molar-refractivity contribution in [2.24, 2.45) is 0 Å². The van der Waals surface area contributed by atoms with Crippen LogP contribution in [0.3, 0.4) is 0 Å². The lowest BCUT2D eigenvalue weighted by Gasteiger charge is -2.11. The van der Waals surface area contributed by atoms with E-state index in [1.807, 2.05) is 6.07 Å². The van der Waals surface area contributed by atoms with Crippen molar-refractivity contribution in [3.8, 4) is 28.5 Å². The van der Waals surface area contributed by atoms with Crippen LogP contribution in [-0.4, -0.2) is 4.98 Å². The Morgan fingerprint density at radius 1 is 0.833 bits per heavy atom. The molecular weight excluding hydrogens is 313 g/mol. The zero-order chi connectivity index (χ0) is 17.2. The Kier molecular flexibility index (Phi) is 4.05. The van der Waals surface area contributed by atoms with Gasteiger partial charge in [-0.15, -0.1) is 0 Å². The third kappa shape index (κ3) is 3.13. The molecular formula is C19H11F3N2. The van der Waals surface area contributed by atoms with Gasteiger partial charge in [-0.1, -0.05) is 30.3 Å². The van der Waals surface area contributed by atoms with Crippen LogP contribution in [0.2, 0.25) is 0 Å². The lowest BCUT2D eigenvalue weighted by atomic mass is 9.98. The van der Waals surface area contributed by atoms with Crippen LogP contribution < -0.4 is 0 Å². The van der Waals surface area contributed by atoms with E-state index >= 15 is 0 Å². The van der Waals surface area contributed by atoms with Crippen LogP contribution in [0.4, 0.5) is 13.2 Å². The molecule has 0 bridgehead atoms. The van der Waals surface area contributed by atoms with Crippen molar-refractivity contribution in [1.82, 2.24) is 4.98 Å². The molecule has 0 aliphatic heterocycles. The van der Waals surface area contributed by atoms with Crippen LogP contribution in [0.15, 0.2) is 66.9 Å². The average molecular weight is 324 g/mol. The van der Waals surface area contributed by atoms with Crippen molar-refractivity contribution >= 4 is 0 Å². The minimum Gasteiger partial charge on any atom is -0.256 e. The normalized spacial score (nSPS) is 11.1. The summed E-state index contributed by atoms with van der Waals surface area (Å²) in [5.41, 5.74) is 2.68. The van der Waals surface area contributed by atoms with Gasteiger partial charge < -0.3 is 0 Å². The second-order valence-electron chi connectivity index (χ2n) is 5.16. The summed E-state index contributed by atoms with van der Waals surface area (Å²) >= 11 is 0. The molecule has 1 aromatic heterocycles. The summed E-state index contributed by atoms with van der Waals surface area (Å²) in [5.74, 6) is 0. The smallest absolute Gasteiger partial charge is 0.256 e. The number of benzene rings is 2. The fourth-order valence-corrected chi connectivity index (χ4v) is 2.41. The molecule has 0 amide bonds. The first-order valence-corrected chi connectivity index (χ1v) is 7.12. The molecule has 0 radical (unpaired) electrons. The number of aromatic nitrogens is 1. The van der Waals surface area contributed by atoms with E-state index in [9.17, 15) is 13.2 Å². The van der Waals surface area contributed by atoms with Crippen molar-refractivity contribution < 1.29 is 13.2 Å². The molecule has 3 aromatic rings. The second kappa shape index (κ2) is 6.17. The van der Waals surface area contributed by atoms with E-state index in [1.165, 1.54) is 12.1 Å². The number of rotatable bonds is 2. The quantitative estimate of drug-likeness (QED) is 0.641. The molecule has 0 fully saturated rings. The summed E-state index contributed by atoms with van der Waals surface area (Å²) in [4.78, 5) is 4.31. The molecule has 0 saturated carbocycles. The van der Waals surface area contributed by atoms with Crippen LogP contribution in [-0.2, 0) is 6.18 Å². The van der Waals surface area contributed by atoms with E-state index in [-0.39, 0.29) is 0 Å². The largest absolute Gasteiger partial charge is 0.416 e. The molecule has 0 atom stereocenters. The van der Waals surface area contributed by atoms with Crippen LogP contribution in [0.5, 0.6) is 0 Å². The van der Waals surface area contributed by atoms with Crippen molar-refractivity contribution in [1.29, 1.82) is 5.26 Å². The standard InChI is InChI=1S/C19H11F3N2/c20-19(21,22)16-9-7-15(8-10-16)18-17(2-1-11-24-18)14-5-3-13(12-23)4-6-14/h1-11H. The molecule has 0 N–H and O–H groups in total. The van der Waals surface area contributed by atoms with Crippen molar-refractivity contribution in [3.63, 3.8) is 0 Å². The van der Waals surface area contributed by atoms with Crippen LogP contribution in [0.1, 0.15) is 11.1 Å². The Morgan fingerprint density at radius 2 is 1.46 bits per heavy atom. The highest BCUT2D eigenvalue weighted by molar-refractivity contribution is 5.80. The molecule has 2 aromatic carbocycles. The average Bonchev–Trinajstić information content (AvgIpc) is 2.61. The van der Waals surface area contributed by atoms with Crippen LogP contribution >= 0.6 is 0 Å². The molecule has 3 rings (SSSR count). The van der Waals surface area contributed by atoms with Gasteiger partial charge in [0.1, 0.15) is 0 Å². The molecule has 0 aliphatic carbocycles. The van der Waals surface area contributed by atoms with E-state index in [0.717, 1.165) is 23.3 Å². The molecule has 0 saturated heterocycles. The maximum atomic E-state index is 12.7. The van der Waals surface area contributed by atoms with Gasteiger partial charge in [0.25, 0.3) is 0 Å². The summed E-state index contributed by atoms with van der Waals surface area (Å²) in [7, 11) is 0. The predicted molar refractivity (Wildman–Crippen MR) is 84.8 cm³/mol. The Balaban J connectivity index is 2.04. The molecule has 1 heterocycles. The Labute approximate surface area is 136 Å². The van der Waals surface area contributed by atoms with Gasteiger partial charge in [-0.3, -0.25) is 4.98 Å².